The molecule has 4 rings (SSSR count). The van der Waals surface area contributed by atoms with Gasteiger partial charge in [0.2, 0.25) is 0 Å². The third-order valence-electron chi connectivity index (χ3n) is 7.00. The first-order valence-corrected chi connectivity index (χ1v) is 14.0. The number of hydrogen-bond donors (Lipinski definition) is 4. The van der Waals surface area contributed by atoms with Crippen LogP contribution in [0.2, 0.25) is 5.02 Å². The molecule has 0 radical (unpaired) electrons. The maximum absolute atomic E-state index is 12.5. The molecule has 38 heavy (non-hydrogen) atoms. The third-order valence-corrected chi connectivity index (χ3v) is 7.60. The van der Waals surface area contributed by atoms with Crippen LogP contribution in [0, 0.1) is 0 Å². The normalized spacial score (nSPS) is 12.8. The fraction of sp³-hybridized carbons (Fsp3) is 0.290. The fourth-order valence-corrected chi connectivity index (χ4v) is 5.49. The number of fused-ring (bicyclic) bond motifs is 1. The van der Waals surface area contributed by atoms with E-state index in [1.165, 1.54) is 10.9 Å². The molecule has 5 nitrogen and oxygen atoms in total. The van der Waals surface area contributed by atoms with Crippen LogP contribution in [0.5, 0.6) is 0 Å². The molecule has 1 aromatic heterocycles. The minimum absolute atomic E-state index is 0.0411. The topological polar surface area (TPSA) is 82.2 Å². The molecule has 0 saturated heterocycles. The van der Waals surface area contributed by atoms with Crippen LogP contribution in [0.25, 0.3) is 10.9 Å². The molecule has 0 spiro atoms. The van der Waals surface area contributed by atoms with Crippen LogP contribution in [0.1, 0.15) is 77.1 Å². The molecule has 2 atom stereocenters. The summed E-state index contributed by atoms with van der Waals surface area (Å²) in [6, 6.07) is 22.2. The van der Waals surface area contributed by atoms with Gasteiger partial charge in [-0.1, -0.05) is 61.7 Å². The van der Waals surface area contributed by atoms with Gasteiger partial charge in [-0.25, -0.2) is 0 Å². The Morgan fingerprint density at radius 1 is 1.05 bits per heavy atom. The summed E-state index contributed by atoms with van der Waals surface area (Å²) in [5.74, 6) is -0.358. The summed E-state index contributed by atoms with van der Waals surface area (Å²) in [4.78, 5) is 26.8. The number of halogens is 1. The van der Waals surface area contributed by atoms with Crippen LogP contribution in [-0.2, 0) is 10.5 Å². The number of rotatable bonds is 12. The van der Waals surface area contributed by atoms with E-state index in [-0.39, 0.29) is 30.7 Å². The molecule has 0 saturated carbocycles. The predicted molar refractivity (Wildman–Crippen MR) is 158 cm³/mol. The monoisotopic (exact) mass is 548 g/mol. The highest BCUT2D eigenvalue weighted by Crippen LogP contribution is 2.44. The number of hydrogen-bond acceptors (Lipinski definition) is 3. The number of unbranched alkanes of at least 4 members (excludes halogenated alkanes) is 1. The number of amides is 1. The third kappa shape index (κ3) is 6.61. The summed E-state index contributed by atoms with van der Waals surface area (Å²) >= 11 is 11.0. The van der Waals surface area contributed by atoms with Gasteiger partial charge in [-0.05, 0) is 71.0 Å². The number of H-pyrrole nitrogens is 1. The Kier molecular flexibility index (Phi) is 9.53. The lowest BCUT2D eigenvalue weighted by Gasteiger charge is -2.29. The standard InChI is InChI=1S/C31H33ClN2O3S/c1-2-3-7-25(21-9-11-22(12-10-21)31(37)33-15-14-29(35)36)30(23-5-4-6-24(32)17-23)27-18-34-28-13-8-20(19-38)16-26(27)28/h4-6,8-13,16-18,25,30,34,38H,2-3,7,14-15,19H2,1H3,(H,33,37)(H,35,36). The lowest BCUT2D eigenvalue weighted by molar-refractivity contribution is -0.136. The first-order chi connectivity index (χ1) is 18.4. The molecule has 0 aliphatic carbocycles. The van der Waals surface area contributed by atoms with Gasteiger partial charge in [0.15, 0.2) is 0 Å². The van der Waals surface area contributed by atoms with Gasteiger partial charge in [-0.15, -0.1) is 0 Å². The molecule has 2 unspecified atom stereocenters. The van der Waals surface area contributed by atoms with E-state index >= 15 is 0 Å². The molecule has 0 aliphatic heterocycles. The summed E-state index contributed by atoms with van der Waals surface area (Å²) in [5, 5.41) is 13.4. The first kappa shape index (κ1) is 27.8. The Morgan fingerprint density at radius 2 is 1.84 bits per heavy atom. The Bertz CT molecular complexity index is 1400. The van der Waals surface area contributed by atoms with E-state index in [2.05, 4.69) is 66.4 Å². The summed E-state index contributed by atoms with van der Waals surface area (Å²) in [6.07, 6.45) is 5.10. The smallest absolute Gasteiger partial charge is 0.305 e. The number of aromatic nitrogens is 1. The summed E-state index contributed by atoms with van der Waals surface area (Å²) in [7, 11) is 0. The zero-order valence-electron chi connectivity index (χ0n) is 21.4. The van der Waals surface area contributed by atoms with E-state index in [1.807, 2.05) is 36.4 Å². The highest BCUT2D eigenvalue weighted by Gasteiger charge is 2.29. The SMILES string of the molecule is CCCCC(c1ccc(C(=O)NCCC(=O)O)cc1)C(c1cccc(Cl)c1)c1c[nH]c2ccc(CS)cc12. The van der Waals surface area contributed by atoms with Crippen LogP contribution in [0.3, 0.4) is 0 Å². The van der Waals surface area contributed by atoms with Crippen molar-refractivity contribution < 1.29 is 14.7 Å². The van der Waals surface area contributed by atoms with Crippen LogP contribution < -0.4 is 5.32 Å². The van der Waals surface area contributed by atoms with Crippen molar-refractivity contribution in [3.63, 3.8) is 0 Å². The van der Waals surface area contributed by atoms with Gasteiger partial charge in [0.25, 0.3) is 5.91 Å². The van der Waals surface area contributed by atoms with Crippen molar-refractivity contribution in [1.29, 1.82) is 0 Å². The fourth-order valence-electron chi connectivity index (χ4n) is 5.09. The average Bonchev–Trinajstić information content (AvgIpc) is 3.33. The van der Waals surface area contributed by atoms with Crippen molar-refractivity contribution in [2.45, 2.75) is 50.2 Å². The largest absolute Gasteiger partial charge is 0.481 e. The van der Waals surface area contributed by atoms with E-state index < -0.39 is 5.97 Å². The first-order valence-electron chi connectivity index (χ1n) is 13.0. The molecule has 0 aliphatic rings. The zero-order chi connectivity index (χ0) is 27.1. The van der Waals surface area contributed by atoms with E-state index in [0.29, 0.717) is 16.3 Å². The van der Waals surface area contributed by atoms with Crippen molar-refractivity contribution in [3.8, 4) is 0 Å². The molecule has 3 aromatic carbocycles. The number of aromatic amines is 1. The number of thiol groups is 1. The maximum atomic E-state index is 12.5. The second-order valence-corrected chi connectivity index (χ2v) is 10.3. The predicted octanol–water partition coefficient (Wildman–Crippen LogP) is 7.56. The van der Waals surface area contributed by atoms with E-state index in [9.17, 15) is 9.59 Å². The highest BCUT2D eigenvalue weighted by atomic mass is 35.5. The van der Waals surface area contributed by atoms with Crippen molar-refractivity contribution in [1.82, 2.24) is 10.3 Å². The Morgan fingerprint density at radius 3 is 2.53 bits per heavy atom. The second kappa shape index (κ2) is 13.0. The van der Waals surface area contributed by atoms with E-state index in [4.69, 9.17) is 16.7 Å². The minimum atomic E-state index is -0.940. The van der Waals surface area contributed by atoms with Crippen molar-refractivity contribution in [2.24, 2.45) is 0 Å². The molecular weight excluding hydrogens is 516 g/mol. The molecule has 4 aromatic rings. The quantitative estimate of drug-likeness (QED) is 0.138. The molecule has 7 heteroatoms. The Hall–Kier alpha value is -3.22. The van der Waals surface area contributed by atoms with E-state index in [0.717, 1.165) is 41.5 Å². The van der Waals surface area contributed by atoms with Gasteiger partial charge in [-0.2, -0.15) is 12.6 Å². The van der Waals surface area contributed by atoms with Gasteiger partial charge < -0.3 is 15.4 Å². The summed E-state index contributed by atoms with van der Waals surface area (Å²) < 4.78 is 0. The van der Waals surface area contributed by atoms with Crippen molar-refractivity contribution in [3.05, 3.63) is 106 Å². The van der Waals surface area contributed by atoms with Crippen molar-refractivity contribution >= 4 is 47.0 Å². The summed E-state index contributed by atoms with van der Waals surface area (Å²) in [5.41, 5.74) is 6.26. The highest BCUT2D eigenvalue weighted by molar-refractivity contribution is 7.79. The lowest BCUT2D eigenvalue weighted by atomic mass is 9.74. The molecule has 0 bridgehead atoms. The molecular formula is C31H33ClN2O3S. The van der Waals surface area contributed by atoms with E-state index in [1.54, 1.807) is 0 Å². The van der Waals surface area contributed by atoms with Crippen molar-refractivity contribution in [2.75, 3.05) is 6.54 Å². The van der Waals surface area contributed by atoms with Crippen LogP contribution in [0.15, 0.2) is 72.9 Å². The maximum Gasteiger partial charge on any atom is 0.305 e. The lowest BCUT2D eigenvalue weighted by Crippen LogP contribution is -2.26. The number of aliphatic carboxylic acids is 1. The molecule has 3 N–H and O–H groups in total. The molecule has 1 heterocycles. The van der Waals surface area contributed by atoms with Gasteiger partial charge in [0, 0.05) is 45.9 Å². The van der Waals surface area contributed by atoms with Crippen LogP contribution in [0.4, 0.5) is 0 Å². The van der Waals surface area contributed by atoms with Gasteiger partial charge in [0.1, 0.15) is 0 Å². The zero-order valence-corrected chi connectivity index (χ0v) is 23.1. The number of carboxylic acid groups (broad SMARTS) is 1. The number of carbonyl (C=O) groups excluding carboxylic acids is 1. The number of nitrogens with one attached hydrogen (secondary N) is 2. The number of benzene rings is 3. The van der Waals surface area contributed by atoms with Gasteiger partial charge in [0.05, 0.1) is 6.42 Å². The minimum Gasteiger partial charge on any atom is -0.481 e. The molecule has 1 amide bonds. The van der Waals surface area contributed by atoms with Gasteiger partial charge in [-0.3, -0.25) is 9.59 Å². The molecule has 198 valence electrons. The Labute approximate surface area is 234 Å². The Balaban J connectivity index is 1.76. The number of carbonyl (C=O) groups is 2. The second-order valence-electron chi connectivity index (χ2n) is 9.59. The number of carboxylic acids is 1. The van der Waals surface area contributed by atoms with Gasteiger partial charge >= 0.3 is 5.97 Å². The van der Waals surface area contributed by atoms with Crippen LogP contribution in [-0.4, -0.2) is 28.5 Å². The van der Waals surface area contributed by atoms with Crippen LogP contribution >= 0.6 is 24.2 Å². The summed E-state index contributed by atoms with van der Waals surface area (Å²) in [6.45, 7) is 2.29. The average molecular weight is 549 g/mol. The molecule has 0 fully saturated rings.